The predicted octanol–water partition coefficient (Wildman–Crippen LogP) is 2.05. The summed E-state index contributed by atoms with van der Waals surface area (Å²) in [5.41, 5.74) is 7.97. The Morgan fingerprint density at radius 3 is 2.50 bits per heavy atom. The van der Waals surface area contributed by atoms with E-state index in [1.165, 1.54) is 0 Å². The lowest BCUT2D eigenvalue weighted by Gasteiger charge is -2.06. The van der Waals surface area contributed by atoms with Crippen LogP contribution in [0.15, 0.2) is 36.7 Å². The van der Waals surface area contributed by atoms with E-state index in [4.69, 9.17) is 5.73 Å². The number of pyridine rings is 2. The van der Waals surface area contributed by atoms with Gasteiger partial charge in [-0.25, -0.2) is 4.98 Å². The summed E-state index contributed by atoms with van der Waals surface area (Å²) in [7, 11) is 0. The molecule has 0 saturated heterocycles. The number of Topliss-reactive ketones (excluding diaryl/α,β-unsaturated/α-hetero) is 1. The molecule has 2 N–H and O–H groups in total. The number of aromatic nitrogens is 2. The van der Waals surface area contributed by atoms with E-state index in [0.717, 1.165) is 17.5 Å². The Hall–Kier alpha value is -2.23. The van der Waals surface area contributed by atoms with Gasteiger partial charge >= 0.3 is 0 Å². The normalized spacial score (nSPS) is 10.3. The maximum Gasteiger partial charge on any atom is 0.185 e. The molecule has 0 aliphatic carbocycles. The summed E-state index contributed by atoms with van der Waals surface area (Å²) < 4.78 is 0. The highest BCUT2D eigenvalue weighted by Gasteiger charge is 2.13. The van der Waals surface area contributed by atoms with Crippen LogP contribution >= 0.6 is 0 Å². The minimum Gasteiger partial charge on any atom is -0.383 e. The number of hydrogen-bond donors (Lipinski definition) is 1. The van der Waals surface area contributed by atoms with Gasteiger partial charge in [-0.2, -0.15) is 0 Å². The summed E-state index contributed by atoms with van der Waals surface area (Å²) in [4.78, 5) is 20.3. The van der Waals surface area contributed by atoms with E-state index in [0.29, 0.717) is 11.5 Å². The summed E-state index contributed by atoms with van der Waals surface area (Å²) in [6, 6.07) is 7.35. The molecule has 18 heavy (non-hydrogen) atoms. The fourth-order valence-corrected chi connectivity index (χ4v) is 1.83. The number of carbonyl (C=O) groups excluding carboxylic acids is 1. The average molecular weight is 241 g/mol. The van der Waals surface area contributed by atoms with E-state index in [2.05, 4.69) is 9.97 Å². The minimum absolute atomic E-state index is 0.0212. The summed E-state index contributed by atoms with van der Waals surface area (Å²) >= 11 is 0. The van der Waals surface area contributed by atoms with E-state index in [1.807, 2.05) is 25.1 Å². The number of hydrogen-bond acceptors (Lipinski definition) is 4. The third kappa shape index (κ3) is 2.53. The fraction of sp³-hybridized carbons (Fsp3) is 0.214. The van der Waals surface area contributed by atoms with Crippen molar-refractivity contribution in [2.75, 3.05) is 5.73 Å². The van der Waals surface area contributed by atoms with Crippen molar-refractivity contribution in [3.63, 3.8) is 0 Å². The van der Waals surface area contributed by atoms with Gasteiger partial charge in [0.05, 0.1) is 0 Å². The zero-order valence-electron chi connectivity index (χ0n) is 10.3. The SMILES string of the molecule is CCc1cccnc1C(=O)Cc1cccnc1N. The topological polar surface area (TPSA) is 68.9 Å². The molecule has 2 aromatic rings. The van der Waals surface area contributed by atoms with Crippen LogP contribution in [0, 0.1) is 0 Å². The molecule has 2 rings (SSSR count). The number of nitrogens with two attached hydrogens (primary N) is 1. The second-order valence-corrected chi connectivity index (χ2v) is 4.01. The number of rotatable bonds is 4. The van der Waals surface area contributed by atoms with Crippen molar-refractivity contribution in [1.82, 2.24) is 9.97 Å². The molecular formula is C14H15N3O. The first-order chi connectivity index (χ1) is 8.72. The lowest BCUT2D eigenvalue weighted by Crippen LogP contribution is -2.11. The molecule has 0 saturated carbocycles. The van der Waals surface area contributed by atoms with Crippen molar-refractivity contribution in [1.29, 1.82) is 0 Å². The minimum atomic E-state index is -0.0212. The van der Waals surface area contributed by atoms with Crippen molar-refractivity contribution < 1.29 is 4.79 Å². The second kappa shape index (κ2) is 5.40. The van der Waals surface area contributed by atoms with E-state index < -0.39 is 0 Å². The Morgan fingerprint density at radius 2 is 1.83 bits per heavy atom. The van der Waals surface area contributed by atoms with Crippen LogP contribution in [0.1, 0.15) is 28.5 Å². The summed E-state index contributed by atoms with van der Waals surface area (Å²) in [5, 5.41) is 0. The van der Waals surface area contributed by atoms with Gasteiger partial charge in [0.2, 0.25) is 0 Å². The molecule has 0 spiro atoms. The molecule has 0 atom stereocenters. The molecule has 0 bridgehead atoms. The van der Waals surface area contributed by atoms with Gasteiger partial charge in [0.1, 0.15) is 11.5 Å². The van der Waals surface area contributed by atoms with E-state index in [-0.39, 0.29) is 12.2 Å². The Morgan fingerprint density at radius 1 is 1.17 bits per heavy atom. The summed E-state index contributed by atoms with van der Waals surface area (Å²) in [6.07, 6.45) is 4.28. The third-order valence-electron chi connectivity index (χ3n) is 2.81. The van der Waals surface area contributed by atoms with Gasteiger partial charge < -0.3 is 5.73 Å². The Kier molecular flexibility index (Phi) is 3.67. The number of ketones is 1. The van der Waals surface area contributed by atoms with Crippen LogP contribution in [0.4, 0.5) is 5.82 Å². The van der Waals surface area contributed by atoms with Crippen molar-refractivity contribution in [3.8, 4) is 0 Å². The number of carbonyl (C=O) groups is 1. The van der Waals surface area contributed by atoms with Crippen molar-refractivity contribution in [2.24, 2.45) is 0 Å². The molecule has 2 aromatic heterocycles. The molecule has 0 radical (unpaired) electrons. The van der Waals surface area contributed by atoms with Gasteiger partial charge in [-0.15, -0.1) is 0 Å². The molecule has 0 fully saturated rings. The van der Waals surface area contributed by atoms with E-state index in [1.54, 1.807) is 18.5 Å². The quantitative estimate of drug-likeness (QED) is 0.832. The Bertz CT molecular complexity index is 566. The van der Waals surface area contributed by atoms with Gasteiger partial charge in [0.25, 0.3) is 0 Å². The van der Waals surface area contributed by atoms with Gasteiger partial charge in [-0.1, -0.05) is 19.1 Å². The number of aryl methyl sites for hydroxylation is 1. The largest absolute Gasteiger partial charge is 0.383 e. The van der Waals surface area contributed by atoms with Crippen LogP contribution in [0.2, 0.25) is 0 Å². The first-order valence-electron chi connectivity index (χ1n) is 5.88. The lowest BCUT2D eigenvalue weighted by molar-refractivity contribution is 0.0987. The van der Waals surface area contributed by atoms with Crippen LogP contribution in [0.5, 0.6) is 0 Å². The Balaban J connectivity index is 2.25. The van der Waals surface area contributed by atoms with Crippen LogP contribution in [0.3, 0.4) is 0 Å². The van der Waals surface area contributed by atoms with Gasteiger partial charge in [0.15, 0.2) is 5.78 Å². The Labute approximate surface area is 106 Å². The predicted molar refractivity (Wildman–Crippen MR) is 70.3 cm³/mol. The van der Waals surface area contributed by atoms with Crippen LogP contribution in [-0.2, 0) is 12.8 Å². The fourth-order valence-electron chi connectivity index (χ4n) is 1.83. The van der Waals surface area contributed by atoms with Crippen LogP contribution < -0.4 is 5.73 Å². The second-order valence-electron chi connectivity index (χ2n) is 4.01. The number of anilines is 1. The molecule has 92 valence electrons. The van der Waals surface area contributed by atoms with E-state index >= 15 is 0 Å². The molecule has 0 unspecified atom stereocenters. The zero-order valence-corrected chi connectivity index (χ0v) is 10.3. The molecule has 4 heteroatoms. The summed E-state index contributed by atoms with van der Waals surface area (Å²) in [5.74, 6) is 0.381. The molecule has 0 aliphatic heterocycles. The highest BCUT2D eigenvalue weighted by molar-refractivity contribution is 5.97. The standard InChI is InChI=1S/C14H15N3O/c1-2-10-5-3-7-16-13(10)12(18)9-11-6-4-8-17-14(11)15/h3-8H,2,9H2,1H3,(H2,15,17). The molecule has 4 nitrogen and oxygen atoms in total. The molecule has 0 aliphatic rings. The van der Waals surface area contributed by atoms with Gasteiger partial charge in [-0.3, -0.25) is 9.78 Å². The van der Waals surface area contributed by atoms with Gasteiger partial charge in [-0.05, 0) is 24.1 Å². The van der Waals surface area contributed by atoms with Crippen molar-refractivity contribution in [2.45, 2.75) is 19.8 Å². The zero-order chi connectivity index (χ0) is 13.0. The van der Waals surface area contributed by atoms with E-state index in [9.17, 15) is 4.79 Å². The smallest absolute Gasteiger partial charge is 0.185 e. The number of nitrogen functional groups attached to an aromatic ring is 1. The van der Waals surface area contributed by atoms with Crippen molar-refractivity contribution in [3.05, 3.63) is 53.5 Å². The molecule has 2 heterocycles. The monoisotopic (exact) mass is 241 g/mol. The molecule has 0 amide bonds. The molecule has 0 aromatic carbocycles. The first kappa shape index (κ1) is 12.2. The first-order valence-corrected chi connectivity index (χ1v) is 5.88. The van der Waals surface area contributed by atoms with Crippen LogP contribution in [-0.4, -0.2) is 15.8 Å². The average Bonchev–Trinajstić information content (AvgIpc) is 2.41. The maximum atomic E-state index is 12.2. The highest BCUT2D eigenvalue weighted by atomic mass is 16.1. The van der Waals surface area contributed by atoms with Crippen molar-refractivity contribution >= 4 is 11.6 Å². The highest BCUT2D eigenvalue weighted by Crippen LogP contribution is 2.13. The lowest BCUT2D eigenvalue weighted by atomic mass is 10.0. The number of nitrogens with zero attached hydrogens (tertiary/aromatic N) is 2. The maximum absolute atomic E-state index is 12.2. The third-order valence-corrected chi connectivity index (χ3v) is 2.81. The van der Waals surface area contributed by atoms with Crippen LogP contribution in [0.25, 0.3) is 0 Å². The molecular weight excluding hydrogens is 226 g/mol. The summed E-state index contributed by atoms with van der Waals surface area (Å²) in [6.45, 7) is 2.01. The van der Waals surface area contributed by atoms with Gasteiger partial charge in [0, 0.05) is 24.4 Å².